The predicted molar refractivity (Wildman–Crippen MR) is 111 cm³/mol. The molecule has 3 N–H and O–H groups in total. The minimum Gasteiger partial charge on any atom is -0.497 e. The monoisotopic (exact) mass is 458 g/mol. The highest BCUT2D eigenvalue weighted by Crippen LogP contribution is 2.16. The molecule has 0 unspecified atom stereocenters. The second-order valence-corrected chi connectivity index (χ2v) is 5.72. The van der Waals surface area contributed by atoms with Gasteiger partial charge in [0.15, 0.2) is 5.96 Å². The molecular weight excluding hydrogens is 434 g/mol. The van der Waals surface area contributed by atoms with Crippen LogP contribution in [0.25, 0.3) is 0 Å². The summed E-state index contributed by atoms with van der Waals surface area (Å²) in [5.74, 6) is 0.767. The first-order valence-corrected chi connectivity index (χ1v) is 7.61. The summed E-state index contributed by atoms with van der Waals surface area (Å²) in [5.41, 5.74) is 8.09. The van der Waals surface area contributed by atoms with E-state index in [-0.39, 0.29) is 35.8 Å². The first-order valence-electron chi connectivity index (χ1n) is 7.61. The lowest BCUT2D eigenvalue weighted by Gasteiger charge is -2.11. The summed E-state index contributed by atoms with van der Waals surface area (Å²) in [4.78, 5) is 6.17. The number of nitrogens with one attached hydrogen (secondary N) is 1. The Morgan fingerprint density at radius 2 is 2.00 bits per heavy atom. The fourth-order valence-electron chi connectivity index (χ4n) is 2.22. The van der Waals surface area contributed by atoms with Crippen molar-refractivity contribution in [1.82, 2.24) is 4.90 Å². The second-order valence-electron chi connectivity index (χ2n) is 5.72. The number of guanidine groups is 1. The number of benzene rings is 2. The standard InChI is InChI=1S/C18H23FN4O.HI/c1-23(2)12-14-8-7-13(9-17(14)19)11-21-18(20)22-15-5-4-6-16(10-15)24-3;/h4-10H,11-12H2,1-3H3,(H3,20,21,22);1H. The third kappa shape index (κ3) is 6.87. The second kappa shape index (κ2) is 10.2. The Hall–Kier alpha value is -1.87. The van der Waals surface area contributed by atoms with E-state index in [1.807, 2.05) is 49.3 Å². The van der Waals surface area contributed by atoms with Gasteiger partial charge in [-0.2, -0.15) is 0 Å². The molecule has 136 valence electrons. The fraction of sp³-hybridized carbons (Fsp3) is 0.278. The number of hydrogen-bond acceptors (Lipinski definition) is 3. The molecule has 0 saturated heterocycles. The normalized spacial score (nSPS) is 11.2. The Morgan fingerprint density at radius 1 is 1.24 bits per heavy atom. The number of methoxy groups -OCH3 is 1. The quantitative estimate of drug-likeness (QED) is 0.396. The van der Waals surface area contributed by atoms with E-state index in [1.165, 1.54) is 6.07 Å². The summed E-state index contributed by atoms with van der Waals surface area (Å²) >= 11 is 0. The van der Waals surface area contributed by atoms with Gasteiger partial charge in [-0.25, -0.2) is 9.38 Å². The van der Waals surface area contributed by atoms with Crippen LogP contribution in [0.1, 0.15) is 11.1 Å². The van der Waals surface area contributed by atoms with E-state index in [4.69, 9.17) is 10.5 Å². The van der Waals surface area contributed by atoms with Crippen molar-refractivity contribution in [3.8, 4) is 5.75 Å². The smallest absolute Gasteiger partial charge is 0.193 e. The molecule has 0 fully saturated rings. The van der Waals surface area contributed by atoms with Crippen molar-refractivity contribution in [3.05, 3.63) is 59.4 Å². The molecule has 0 bridgehead atoms. The van der Waals surface area contributed by atoms with Crippen LogP contribution in [0.2, 0.25) is 0 Å². The maximum atomic E-state index is 14.0. The van der Waals surface area contributed by atoms with E-state index in [0.717, 1.165) is 17.0 Å². The first kappa shape index (κ1) is 21.2. The van der Waals surface area contributed by atoms with E-state index >= 15 is 0 Å². The molecule has 0 aromatic heterocycles. The summed E-state index contributed by atoms with van der Waals surface area (Å²) in [6.07, 6.45) is 0. The Morgan fingerprint density at radius 3 is 2.64 bits per heavy atom. The van der Waals surface area contributed by atoms with Crippen LogP contribution in [0.5, 0.6) is 5.75 Å². The fourth-order valence-corrected chi connectivity index (χ4v) is 2.22. The van der Waals surface area contributed by atoms with Crippen LogP contribution >= 0.6 is 24.0 Å². The maximum Gasteiger partial charge on any atom is 0.193 e. The van der Waals surface area contributed by atoms with Gasteiger partial charge in [-0.05, 0) is 37.9 Å². The SMILES string of the molecule is COc1cccc(NC(N)=NCc2ccc(CN(C)C)c(F)c2)c1.I. The zero-order chi connectivity index (χ0) is 17.5. The van der Waals surface area contributed by atoms with Crippen molar-refractivity contribution in [1.29, 1.82) is 0 Å². The molecule has 0 atom stereocenters. The predicted octanol–water partition coefficient (Wildman–Crippen LogP) is 3.44. The van der Waals surface area contributed by atoms with Gasteiger partial charge in [-0.1, -0.05) is 18.2 Å². The highest BCUT2D eigenvalue weighted by Gasteiger charge is 2.05. The van der Waals surface area contributed by atoms with Gasteiger partial charge >= 0.3 is 0 Å². The van der Waals surface area contributed by atoms with Gasteiger partial charge in [0.1, 0.15) is 11.6 Å². The Labute approximate surface area is 165 Å². The first-order chi connectivity index (χ1) is 11.5. The van der Waals surface area contributed by atoms with Crippen LogP contribution in [0.15, 0.2) is 47.5 Å². The minimum absolute atomic E-state index is 0. The molecule has 0 aliphatic heterocycles. The number of nitrogens with two attached hydrogens (primary N) is 1. The van der Waals surface area contributed by atoms with Gasteiger partial charge in [0, 0.05) is 23.9 Å². The number of nitrogens with zero attached hydrogens (tertiary/aromatic N) is 2. The minimum atomic E-state index is -0.226. The van der Waals surface area contributed by atoms with E-state index in [2.05, 4.69) is 10.3 Å². The molecule has 0 aliphatic carbocycles. The van der Waals surface area contributed by atoms with Gasteiger partial charge in [0.25, 0.3) is 0 Å². The van der Waals surface area contributed by atoms with Crippen molar-refractivity contribution in [2.45, 2.75) is 13.1 Å². The van der Waals surface area contributed by atoms with Crippen LogP contribution in [0.4, 0.5) is 10.1 Å². The molecule has 2 rings (SSSR count). The number of ether oxygens (including phenoxy) is 1. The van der Waals surface area contributed by atoms with E-state index in [1.54, 1.807) is 13.2 Å². The number of aliphatic imine (C=N–C) groups is 1. The molecule has 0 spiro atoms. The van der Waals surface area contributed by atoms with Gasteiger partial charge in [0.05, 0.1) is 13.7 Å². The summed E-state index contributed by atoms with van der Waals surface area (Å²) in [6, 6.07) is 12.5. The molecule has 0 saturated carbocycles. The number of hydrogen-bond donors (Lipinski definition) is 2. The van der Waals surface area contributed by atoms with Crippen molar-refractivity contribution in [2.24, 2.45) is 10.7 Å². The highest BCUT2D eigenvalue weighted by atomic mass is 127. The van der Waals surface area contributed by atoms with Crippen LogP contribution in [0.3, 0.4) is 0 Å². The molecule has 0 amide bonds. The number of anilines is 1. The summed E-state index contributed by atoms with van der Waals surface area (Å²) in [6.45, 7) is 0.872. The average molecular weight is 458 g/mol. The van der Waals surface area contributed by atoms with Crippen molar-refractivity contribution >= 4 is 35.6 Å². The molecule has 25 heavy (non-hydrogen) atoms. The molecule has 5 nitrogen and oxygen atoms in total. The third-order valence-electron chi connectivity index (χ3n) is 3.38. The van der Waals surface area contributed by atoms with Gasteiger partial charge in [0.2, 0.25) is 0 Å². The Kier molecular flexibility index (Phi) is 8.64. The molecule has 7 heteroatoms. The zero-order valence-electron chi connectivity index (χ0n) is 14.6. The van der Waals surface area contributed by atoms with Crippen LogP contribution in [0, 0.1) is 5.82 Å². The molecule has 0 heterocycles. The van der Waals surface area contributed by atoms with Crippen LogP contribution in [-0.2, 0) is 13.1 Å². The van der Waals surface area contributed by atoms with E-state index < -0.39 is 0 Å². The lowest BCUT2D eigenvalue weighted by Crippen LogP contribution is -2.22. The van der Waals surface area contributed by atoms with E-state index in [9.17, 15) is 4.39 Å². The topological polar surface area (TPSA) is 62.9 Å². The average Bonchev–Trinajstić information content (AvgIpc) is 2.55. The number of halogens is 2. The van der Waals surface area contributed by atoms with Gasteiger partial charge < -0.3 is 20.7 Å². The van der Waals surface area contributed by atoms with E-state index in [0.29, 0.717) is 18.7 Å². The number of rotatable bonds is 6. The van der Waals surface area contributed by atoms with Crippen LogP contribution in [-0.4, -0.2) is 32.1 Å². The third-order valence-corrected chi connectivity index (χ3v) is 3.38. The zero-order valence-corrected chi connectivity index (χ0v) is 17.0. The molecule has 2 aromatic carbocycles. The largest absolute Gasteiger partial charge is 0.497 e. The van der Waals surface area contributed by atoms with Crippen molar-refractivity contribution in [3.63, 3.8) is 0 Å². The molecule has 2 aromatic rings. The summed E-state index contributed by atoms with van der Waals surface area (Å²) < 4.78 is 19.2. The lowest BCUT2D eigenvalue weighted by atomic mass is 10.1. The molecule has 0 aliphatic rings. The van der Waals surface area contributed by atoms with Gasteiger partial charge in [-0.15, -0.1) is 24.0 Å². The summed E-state index contributed by atoms with van der Waals surface area (Å²) in [5, 5.41) is 2.99. The molecular formula is C18H24FIN4O. The van der Waals surface area contributed by atoms with Crippen molar-refractivity contribution < 1.29 is 9.13 Å². The Balaban J connectivity index is 0.00000312. The van der Waals surface area contributed by atoms with Crippen molar-refractivity contribution in [2.75, 3.05) is 26.5 Å². The van der Waals surface area contributed by atoms with Crippen LogP contribution < -0.4 is 15.8 Å². The van der Waals surface area contributed by atoms with Gasteiger partial charge in [-0.3, -0.25) is 0 Å². The molecule has 0 radical (unpaired) electrons. The Bertz CT molecular complexity index is 722. The highest BCUT2D eigenvalue weighted by molar-refractivity contribution is 14.0. The maximum absolute atomic E-state index is 14.0. The summed E-state index contributed by atoms with van der Waals surface area (Å²) in [7, 11) is 5.41. The lowest BCUT2D eigenvalue weighted by molar-refractivity contribution is 0.392.